The van der Waals surface area contributed by atoms with Crippen LogP contribution >= 0.6 is 0 Å². The minimum Gasteiger partial charge on any atom is -0.472 e. The number of methoxy groups -OCH3 is 1. The van der Waals surface area contributed by atoms with E-state index in [0.29, 0.717) is 18.4 Å². The van der Waals surface area contributed by atoms with Crippen LogP contribution in [0.1, 0.15) is 58.1 Å². The van der Waals surface area contributed by atoms with Gasteiger partial charge in [0, 0.05) is 33.6 Å². The zero-order valence-corrected chi connectivity index (χ0v) is 21.3. The van der Waals surface area contributed by atoms with E-state index in [2.05, 4.69) is 0 Å². The third kappa shape index (κ3) is 2.13. The summed E-state index contributed by atoms with van der Waals surface area (Å²) in [4.78, 5) is 25.9. The lowest BCUT2D eigenvalue weighted by Crippen LogP contribution is -2.72. The molecule has 202 valence electrons. The first-order chi connectivity index (χ1) is 17.3. The summed E-state index contributed by atoms with van der Waals surface area (Å²) in [5.74, 6) is -3.86. The van der Waals surface area contributed by atoms with E-state index in [-0.39, 0.29) is 12.8 Å². The molecule has 10 nitrogen and oxygen atoms in total. The van der Waals surface area contributed by atoms with Crippen LogP contribution in [0, 0.1) is 34.0 Å². The second-order valence-corrected chi connectivity index (χ2v) is 13.1. The molecule has 4 saturated carbocycles. The van der Waals surface area contributed by atoms with Gasteiger partial charge >= 0.3 is 11.9 Å². The van der Waals surface area contributed by atoms with Crippen molar-refractivity contribution in [2.45, 2.75) is 87.7 Å². The number of aliphatic hydroxyl groups excluding tert-OH is 2. The van der Waals surface area contributed by atoms with Crippen molar-refractivity contribution in [1.82, 2.24) is 0 Å². The minimum atomic E-state index is -1.73. The van der Waals surface area contributed by atoms with Crippen molar-refractivity contribution in [3.8, 4) is 0 Å². The van der Waals surface area contributed by atoms with Crippen LogP contribution in [0.4, 0.5) is 0 Å². The van der Waals surface area contributed by atoms with Crippen molar-refractivity contribution < 1.29 is 48.6 Å². The van der Waals surface area contributed by atoms with Gasteiger partial charge in [-0.25, -0.2) is 4.79 Å². The summed E-state index contributed by atoms with van der Waals surface area (Å²) < 4.78 is 22.8. The molecule has 6 aliphatic rings. The number of furan rings is 1. The van der Waals surface area contributed by atoms with Gasteiger partial charge in [-0.1, -0.05) is 20.8 Å². The van der Waals surface area contributed by atoms with E-state index in [9.17, 15) is 30.0 Å². The Morgan fingerprint density at radius 3 is 2.62 bits per heavy atom. The quantitative estimate of drug-likeness (QED) is 0.423. The Kier molecular flexibility index (Phi) is 4.29. The zero-order chi connectivity index (χ0) is 26.6. The number of hydrogen-bond donors (Lipinski definition) is 4. The zero-order valence-electron chi connectivity index (χ0n) is 21.3. The molecule has 4 N–H and O–H groups in total. The first-order valence-corrected chi connectivity index (χ1v) is 13.1. The Morgan fingerprint density at radius 2 is 1.97 bits per heavy atom. The van der Waals surface area contributed by atoms with Gasteiger partial charge in [0.25, 0.3) is 0 Å². The van der Waals surface area contributed by atoms with Crippen molar-refractivity contribution in [3.05, 3.63) is 24.2 Å². The molecule has 7 rings (SSSR count). The van der Waals surface area contributed by atoms with E-state index in [0.717, 1.165) is 0 Å². The van der Waals surface area contributed by atoms with Crippen molar-refractivity contribution in [2.75, 3.05) is 7.11 Å². The molecule has 1 aromatic heterocycles. The molecule has 37 heavy (non-hydrogen) atoms. The van der Waals surface area contributed by atoms with Crippen LogP contribution in [0.25, 0.3) is 0 Å². The lowest BCUT2D eigenvalue weighted by molar-refractivity contribution is -0.298. The van der Waals surface area contributed by atoms with Crippen molar-refractivity contribution in [2.24, 2.45) is 34.0 Å². The summed E-state index contributed by atoms with van der Waals surface area (Å²) in [5, 5.41) is 48.7. The van der Waals surface area contributed by atoms with Gasteiger partial charge in [-0.05, 0) is 31.2 Å². The number of cyclic esters (lactones) is 1. The number of fused-ring (bicyclic) bond motifs is 2. The molecule has 2 unspecified atom stereocenters. The Balaban J connectivity index is 1.49. The second kappa shape index (κ2) is 6.59. The van der Waals surface area contributed by atoms with Crippen LogP contribution in [-0.2, 0) is 23.8 Å². The summed E-state index contributed by atoms with van der Waals surface area (Å²) in [7, 11) is 1.19. The monoisotopic (exact) mass is 518 g/mol. The fourth-order valence-corrected chi connectivity index (χ4v) is 11.0. The summed E-state index contributed by atoms with van der Waals surface area (Å²) >= 11 is 0. The van der Waals surface area contributed by atoms with Crippen LogP contribution in [0.2, 0.25) is 0 Å². The lowest BCUT2D eigenvalue weighted by atomic mass is 9.45. The molecule has 1 spiro atoms. The molecule has 0 amide bonds. The largest absolute Gasteiger partial charge is 0.472 e. The molecular weight excluding hydrogens is 484 g/mol. The van der Waals surface area contributed by atoms with Crippen LogP contribution in [0.3, 0.4) is 0 Å². The maximum atomic E-state index is 13.2. The molecule has 0 aromatic carbocycles. The molecule has 10 heteroatoms. The fourth-order valence-electron chi connectivity index (χ4n) is 11.0. The van der Waals surface area contributed by atoms with Gasteiger partial charge in [0.05, 0.1) is 43.9 Å². The van der Waals surface area contributed by atoms with E-state index in [1.807, 2.05) is 13.8 Å². The van der Waals surface area contributed by atoms with Crippen LogP contribution in [-0.4, -0.2) is 74.6 Å². The minimum absolute atomic E-state index is 0.0716. The van der Waals surface area contributed by atoms with E-state index in [1.54, 1.807) is 13.0 Å². The summed E-state index contributed by atoms with van der Waals surface area (Å²) in [6, 6.07) is 1.72. The Bertz CT molecular complexity index is 1200. The maximum absolute atomic E-state index is 13.2. The molecular formula is C27H34O10. The highest BCUT2D eigenvalue weighted by molar-refractivity contribution is 5.76. The van der Waals surface area contributed by atoms with Gasteiger partial charge in [-0.2, -0.15) is 0 Å². The average molecular weight is 519 g/mol. The normalized spacial score (nSPS) is 57.6. The standard InChI is InChI=1S/C27H34O10/c1-22-11-25(32)18-16(19(22)30)37-26-9-14(28)36-20(12-6-8-35-10-12)23(26,2)7-5-13(27(18,26)33)24(25,3)17(22)15(29)21(31)34-4/h6,8,10,13,15-20,29-30,32-33H,5,7,9,11H2,1-4H3/t13?,15-,16+,17-,18?,19+,20-,22+,23-,24+,25-,26+,27-/m0/s1. The van der Waals surface area contributed by atoms with E-state index in [1.165, 1.54) is 19.6 Å². The van der Waals surface area contributed by atoms with Gasteiger partial charge in [0.15, 0.2) is 6.10 Å². The van der Waals surface area contributed by atoms with Crippen molar-refractivity contribution in [1.29, 1.82) is 0 Å². The predicted molar refractivity (Wildman–Crippen MR) is 122 cm³/mol. The number of rotatable bonds is 3. The molecule has 2 saturated heterocycles. The van der Waals surface area contributed by atoms with Gasteiger partial charge in [0.1, 0.15) is 17.3 Å². The highest BCUT2D eigenvalue weighted by Crippen LogP contribution is 2.85. The molecule has 1 aromatic rings. The lowest BCUT2D eigenvalue weighted by Gasteiger charge is -2.63. The number of hydrogen-bond acceptors (Lipinski definition) is 10. The number of esters is 2. The summed E-state index contributed by atoms with van der Waals surface area (Å²) in [6.45, 7) is 5.51. The Labute approximate surface area is 213 Å². The predicted octanol–water partition coefficient (Wildman–Crippen LogP) is 0.854. The molecule has 0 radical (unpaired) electrons. The summed E-state index contributed by atoms with van der Waals surface area (Å²) in [5.41, 5.74) is -7.31. The first-order valence-electron chi connectivity index (χ1n) is 13.1. The number of carbonyl (C=O) groups is 2. The van der Waals surface area contributed by atoms with Gasteiger partial charge < -0.3 is 39.1 Å². The number of ether oxygens (including phenoxy) is 3. The molecule has 3 heterocycles. The maximum Gasteiger partial charge on any atom is 0.335 e. The number of carbonyl (C=O) groups excluding carboxylic acids is 2. The van der Waals surface area contributed by atoms with Gasteiger partial charge in [0.2, 0.25) is 0 Å². The molecule has 6 fully saturated rings. The molecule has 13 atom stereocenters. The summed E-state index contributed by atoms with van der Waals surface area (Å²) in [6.07, 6.45) is -0.866. The molecule has 4 aliphatic carbocycles. The topological polar surface area (TPSA) is 156 Å². The Hall–Kier alpha value is -1.98. The van der Waals surface area contributed by atoms with E-state index in [4.69, 9.17) is 18.6 Å². The van der Waals surface area contributed by atoms with Crippen LogP contribution in [0.5, 0.6) is 0 Å². The van der Waals surface area contributed by atoms with Crippen LogP contribution < -0.4 is 0 Å². The van der Waals surface area contributed by atoms with Crippen molar-refractivity contribution >= 4 is 11.9 Å². The van der Waals surface area contributed by atoms with Crippen molar-refractivity contribution in [3.63, 3.8) is 0 Å². The molecule has 2 bridgehead atoms. The number of aliphatic hydroxyl groups is 4. The smallest absolute Gasteiger partial charge is 0.335 e. The van der Waals surface area contributed by atoms with Gasteiger partial charge in [-0.3, -0.25) is 4.79 Å². The highest BCUT2D eigenvalue weighted by Gasteiger charge is 2.95. The SMILES string of the molecule is COC(=O)[C@@H](O)[C@H]1[C@@]2(C)C[C@]3(O)C4[C@@H](O[C@]56CC(=O)O[C@@H](c7ccoc7)[C@]5(C)CCC([C@]46O)[C@]13C)[C@H]2O. The first kappa shape index (κ1) is 24.1. The third-order valence-corrected chi connectivity index (χ3v) is 12.2. The highest BCUT2D eigenvalue weighted by atomic mass is 16.6. The van der Waals surface area contributed by atoms with E-state index >= 15 is 0 Å². The van der Waals surface area contributed by atoms with Crippen LogP contribution in [0.15, 0.2) is 23.0 Å². The average Bonchev–Trinajstić information content (AvgIpc) is 3.52. The fraction of sp³-hybridized carbons (Fsp3) is 0.778. The molecule has 2 aliphatic heterocycles. The van der Waals surface area contributed by atoms with E-state index < -0.39 is 87.2 Å². The second-order valence-electron chi connectivity index (χ2n) is 13.1. The third-order valence-electron chi connectivity index (χ3n) is 12.2. The van der Waals surface area contributed by atoms with Gasteiger partial charge in [-0.15, -0.1) is 0 Å². The Morgan fingerprint density at radius 1 is 1.24 bits per heavy atom.